The third kappa shape index (κ3) is 6.30. The average Bonchev–Trinajstić information content (AvgIpc) is 3.57. The smallest absolute Gasteiger partial charge is 0.306 e. The normalized spacial score (nSPS) is 24.0. The summed E-state index contributed by atoms with van der Waals surface area (Å²) in [5.74, 6) is -0.261. The van der Waals surface area contributed by atoms with Gasteiger partial charge in [0.1, 0.15) is 0 Å². The van der Waals surface area contributed by atoms with Gasteiger partial charge in [-0.05, 0) is 91.5 Å². The second-order valence-electron chi connectivity index (χ2n) is 10.1. The number of halogens is 1. The highest BCUT2D eigenvalue weighted by Crippen LogP contribution is 2.37. The van der Waals surface area contributed by atoms with E-state index in [0.29, 0.717) is 18.8 Å². The first-order chi connectivity index (χ1) is 17.4. The summed E-state index contributed by atoms with van der Waals surface area (Å²) < 4.78 is 1.14. The van der Waals surface area contributed by atoms with Gasteiger partial charge in [0.15, 0.2) is 0 Å². The van der Waals surface area contributed by atoms with Crippen molar-refractivity contribution >= 4 is 46.4 Å². The van der Waals surface area contributed by atoms with Crippen molar-refractivity contribution in [3.63, 3.8) is 0 Å². The van der Waals surface area contributed by atoms with Crippen molar-refractivity contribution in [2.75, 3.05) is 44.2 Å². The zero-order valence-electron chi connectivity index (χ0n) is 21.3. The van der Waals surface area contributed by atoms with Gasteiger partial charge in [-0.1, -0.05) is 12.1 Å². The summed E-state index contributed by atoms with van der Waals surface area (Å²) in [6, 6.07) is 6.63. The fourth-order valence-electron chi connectivity index (χ4n) is 5.63. The first kappa shape index (κ1) is 26.7. The molecule has 0 saturated carbocycles. The summed E-state index contributed by atoms with van der Waals surface area (Å²) in [6.45, 7) is 8.79. The Kier molecular flexibility index (Phi) is 9.09. The Bertz CT molecular complexity index is 1050. The Balaban J connectivity index is 1.38. The van der Waals surface area contributed by atoms with E-state index in [0.717, 1.165) is 55.8 Å². The number of amides is 1. The van der Waals surface area contributed by atoms with Crippen molar-refractivity contribution in [3.05, 3.63) is 51.4 Å². The highest BCUT2D eigenvalue weighted by molar-refractivity contribution is 14.1. The quantitative estimate of drug-likeness (QED) is 0.209. The molecule has 7 nitrogen and oxygen atoms in total. The summed E-state index contributed by atoms with van der Waals surface area (Å²) in [5, 5.41) is 9.37. The molecule has 0 spiro atoms. The Labute approximate surface area is 228 Å². The number of anilines is 1. The number of carboxylic acids is 1. The highest BCUT2D eigenvalue weighted by Gasteiger charge is 2.36. The molecule has 0 bridgehead atoms. The van der Waals surface area contributed by atoms with Crippen LogP contribution in [0.1, 0.15) is 49.7 Å². The van der Waals surface area contributed by atoms with Crippen molar-refractivity contribution in [1.29, 1.82) is 0 Å². The van der Waals surface area contributed by atoms with E-state index < -0.39 is 5.97 Å². The number of hydrogen-bond donors (Lipinski definition) is 1. The highest BCUT2D eigenvalue weighted by atomic mass is 127. The molecule has 0 aliphatic carbocycles. The van der Waals surface area contributed by atoms with Gasteiger partial charge in [-0.25, -0.2) is 0 Å². The van der Waals surface area contributed by atoms with Gasteiger partial charge in [0.05, 0.1) is 15.5 Å². The number of benzene rings is 1. The van der Waals surface area contributed by atoms with Crippen LogP contribution in [0.15, 0.2) is 45.2 Å². The van der Waals surface area contributed by atoms with Crippen molar-refractivity contribution in [2.45, 2.75) is 45.4 Å². The zero-order valence-corrected chi connectivity index (χ0v) is 23.4. The molecule has 3 fully saturated rings. The molecule has 0 unspecified atom stereocenters. The lowest BCUT2D eigenvalue weighted by Crippen LogP contribution is -2.37. The maximum absolute atomic E-state index is 13.4. The third-order valence-corrected chi connectivity index (χ3v) is 8.75. The molecule has 4 rings (SSSR count). The van der Waals surface area contributed by atoms with E-state index in [9.17, 15) is 14.7 Å². The van der Waals surface area contributed by atoms with Gasteiger partial charge in [-0.2, -0.15) is 0 Å². The van der Waals surface area contributed by atoms with Gasteiger partial charge in [-0.15, -0.1) is 0 Å². The molecule has 1 N–H and O–H groups in total. The number of carbonyl (C=O) groups excluding carboxylic acids is 1. The first-order valence-corrected chi connectivity index (χ1v) is 14.1. The molecular weight excluding hydrogens is 567 g/mol. The summed E-state index contributed by atoms with van der Waals surface area (Å²) in [4.78, 5) is 35.6. The Morgan fingerprint density at radius 3 is 2.47 bits per heavy atom. The number of hydrogen-bond acceptors (Lipinski definition) is 5. The zero-order chi connectivity index (χ0) is 25.7. The minimum atomic E-state index is -0.679. The van der Waals surface area contributed by atoms with E-state index in [1.165, 1.54) is 16.8 Å². The molecular formula is C28H37IN4O3. The molecule has 194 valence electrons. The molecule has 0 aromatic heterocycles. The predicted octanol–water partition coefficient (Wildman–Crippen LogP) is 4.81. The van der Waals surface area contributed by atoms with Crippen LogP contribution in [0.4, 0.5) is 5.69 Å². The van der Waals surface area contributed by atoms with Crippen molar-refractivity contribution in [1.82, 2.24) is 9.80 Å². The minimum Gasteiger partial charge on any atom is -0.481 e. The van der Waals surface area contributed by atoms with Crippen molar-refractivity contribution in [3.8, 4) is 0 Å². The van der Waals surface area contributed by atoms with E-state index >= 15 is 0 Å². The summed E-state index contributed by atoms with van der Waals surface area (Å²) in [7, 11) is 0. The molecule has 3 aliphatic heterocycles. The molecule has 3 aliphatic rings. The van der Waals surface area contributed by atoms with Crippen molar-refractivity contribution in [2.24, 2.45) is 16.8 Å². The van der Waals surface area contributed by atoms with Gasteiger partial charge in [0, 0.05) is 63.3 Å². The van der Waals surface area contributed by atoms with E-state index in [1.807, 2.05) is 19.1 Å². The van der Waals surface area contributed by atoms with Crippen LogP contribution in [0.2, 0.25) is 0 Å². The van der Waals surface area contributed by atoms with Crippen LogP contribution in [-0.2, 0) is 9.59 Å². The van der Waals surface area contributed by atoms with Gasteiger partial charge in [-0.3, -0.25) is 14.6 Å². The maximum atomic E-state index is 13.4. The predicted molar refractivity (Wildman–Crippen MR) is 153 cm³/mol. The lowest BCUT2D eigenvalue weighted by molar-refractivity contribution is -0.142. The number of carbonyl (C=O) groups is 2. The lowest BCUT2D eigenvalue weighted by atomic mass is 9.92. The number of aryl methyl sites for hydroxylation is 1. The Hall–Kier alpha value is -2.36. The van der Waals surface area contributed by atoms with Crippen molar-refractivity contribution < 1.29 is 14.7 Å². The van der Waals surface area contributed by atoms with Crippen LogP contribution in [-0.4, -0.2) is 72.3 Å². The minimum absolute atomic E-state index is 0.0482. The van der Waals surface area contributed by atoms with Gasteiger partial charge in [0.25, 0.3) is 0 Å². The topological polar surface area (TPSA) is 76.5 Å². The number of aliphatic carboxylic acids is 1. The van der Waals surface area contributed by atoms with Gasteiger partial charge in [0.2, 0.25) is 5.91 Å². The number of rotatable bonds is 7. The van der Waals surface area contributed by atoms with Crippen LogP contribution in [0.5, 0.6) is 0 Å². The molecule has 36 heavy (non-hydrogen) atoms. The van der Waals surface area contributed by atoms with Crippen LogP contribution in [0.25, 0.3) is 0 Å². The second-order valence-corrected chi connectivity index (χ2v) is 11.2. The fraction of sp³-hybridized carbons (Fsp3) is 0.536. The standard InChI is InChI=1S/C28H37IN4O3/c1-3-30-12-4-5-26(29)32-15-11-23(19-32)27(34)33-16-10-22(18-33)24-7-6-20(2)17-25(24)31-13-8-21(9-14-31)28(35)36/h3-7,12,17,21-23H,8-11,13-16,18-19H2,1-2H3,(H,35,36)/b12-4-,26-5+,30-3+/t22-,23+/m1/s1. The molecule has 1 amide bonds. The number of carboxylic acid groups (broad SMARTS) is 1. The summed E-state index contributed by atoms with van der Waals surface area (Å²) >= 11 is 2.34. The van der Waals surface area contributed by atoms with E-state index in [-0.39, 0.29) is 17.7 Å². The summed E-state index contributed by atoms with van der Waals surface area (Å²) in [6.07, 6.45) is 10.8. The molecule has 8 heteroatoms. The monoisotopic (exact) mass is 604 g/mol. The largest absolute Gasteiger partial charge is 0.481 e. The van der Waals surface area contributed by atoms with E-state index in [4.69, 9.17) is 0 Å². The van der Waals surface area contributed by atoms with E-state index in [2.05, 4.69) is 67.4 Å². The van der Waals surface area contributed by atoms with E-state index in [1.54, 1.807) is 12.4 Å². The fourth-order valence-corrected chi connectivity index (χ4v) is 6.28. The average molecular weight is 605 g/mol. The van der Waals surface area contributed by atoms with Crippen LogP contribution >= 0.6 is 22.6 Å². The summed E-state index contributed by atoms with van der Waals surface area (Å²) in [5.41, 5.74) is 3.74. The third-order valence-electron chi connectivity index (χ3n) is 7.71. The Morgan fingerprint density at radius 2 is 1.75 bits per heavy atom. The number of nitrogens with zero attached hydrogens (tertiary/aromatic N) is 4. The van der Waals surface area contributed by atoms with Crippen LogP contribution in [0, 0.1) is 18.8 Å². The molecule has 0 radical (unpaired) electrons. The number of piperidine rings is 1. The molecule has 3 heterocycles. The first-order valence-electron chi connectivity index (χ1n) is 13.0. The maximum Gasteiger partial charge on any atom is 0.306 e. The van der Waals surface area contributed by atoms with Crippen LogP contribution < -0.4 is 4.90 Å². The molecule has 2 atom stereocenters. The molecule has 1 aromatic rings. The van der Waals surface area contributed by atoms with Crippen LogP contribution in [0.3, 0.4) is 0 Å². The van der Waals surface area contributed by atoms with Gasteiger partial charge < -0.3 is 19.8 Å². The number of likely N-dealkylation sites (tertiary alicyclic amines) is 2. The number of aliphatic imine (C=N–C) groups is 1. The SMILES string of the molecule is C/C=N/C=C\C=C(/I)N1CC[C@H](C(=O)N2CC[C@@H](c3ccc(C)cc3N3CCC(C(=O)O)CC3)C2)C1. The lowest BCUT2D eigenvalue weighted by Gasteiger charge is -2.34. The number of allylic oxidation sites excluding steroid dienone is 2. The van der Waals surface area contributed by atoms with Gasteiger partial charge >= 0.3 is 5.97 Å². The second kappa shape index (κ2) is 12.3. The molecule has 3 saturated heterocycles. The Morgan fingerprint density at radius 1 is 1.03 bits per heavy atom. The molecule has 1 aromatic carbocycles.